The van der Waals surface area contributed by atoms with Crippen LogP contribution in [0.1, 0.15) is 16.7 Å². The predicted octanol–water partition coefficient (Wildman–Crippen LogP) is 4.82. The summed E-state index contributed by atoms with van der Waals surface area (Å²) in [6.07, 6.45) is 0. The second-order valence-electron chi connectivity index (χ2n) is 7.40. The van der Waals surface area contributed by atoms with Crippen LogP contribution in [0, 0.1) is 6.92 Å². The van der Waals surface area contributed by atoms with Gasteiger partial charge in [0.2, 0.25) is 15.9 Å². The Balaban J connectivity index is 1.83. The quantitative estimate of drug-likeness (QED) is 0.451. The van der Waals surface area contributed by atoms with Crippen LogP contribution in [0.5, 0.6) is 5.75 Å². The van der Waals surface area contributed by atoms with Crippen molar-refractivity contribution < 1.29 is 17.9 Å². The molecule has 3 aromatic rings. The first kappa shape index (κ1) is 25.1. The van der Waals surface area contributed by atoms with Gasteiger partial charge >= 0.3 is 0 Å². The summed E-state index contributed by atoms with van der Waals surface area (Å²) in [5.74, 6) is 0.131. The number of hydrogen-bond donors (Lipinski definition) is 1. The van der Waals surface area contributed by atoms with Crippen molar-refractivity contribution in [2.24, 2.45) is 0 Å². The Morgan fingerprint density at radius 1 is 1.03 bits per heavy atom. The second kappa shape index (κ2) is 11.0. The standard InChI is InChI=1S/C24H24Cl2N2O4S/c1-17-12-21(10-11-23(17)32-2)33(30,31)28(15-18-6-4-3-5-7-18)16-24(29)27-14-19-8-9-20(25)13-22(19)26/h3-13H,14-16H2,1-2H3,(H,27,29). The van der Waals surface area contributed by atoms with Crippen LogP contribution in [0.4, 0.5) is 0 Å². The summed E-state index contributed by atoms with van der Waals surface area (Å²) < 4.78 is 33.3. The van der Waals surface area contributed by atoms with Gasteiger partial charge < -0.3 is 10.1 Å². The van der Waals surface area contributed by atoms with Crippen molar-refractivity contribution in [3.05, 3.63) is 93.5 Å². The Morgan fingerprint density at radius 3 is 2.39 bits per heavy atom. The molecule has 0 atom stereocenters. The van der Waals surface area contributed by atoms with Crippen LogP contribution < -0.4 is 10.1 Å². The third kappa shape index (κ3) is 6.48. The van der Waals surface area contributed by atoms with Gasteiger partial charge in [-0.25, -0.2) is 8.42 Å². The average molecular weight is 507 g/mol. The number of benzene rings is 3. The molecule has 3 aromatic carbocycles. The monoisotopic (exact) mass is 506 g/mol. The van der Waals surface area contributed by atoms with Gasteiger partial charge in [0.15, 0.2) is 0 Å². The first-order valence-electron chi connectivity index (χ1n) is 10.1. The molecular formula is C24H24Cl2N2O4S. The lowest BCUT2D eigenvalue weighted by Gasteiger charge is -2.22. The maximum atomic E-state index is 13.5. The highest BCUT2D eigenvalue weighted by Crippen LogP contribution is 2.25. The van der Waals surface area contributed by atoms with Crippen LogP contribution in [-0.2, 0) is 27.9 Å². The molecule has 6 nitrogen and oxygen atoms in total. The highest BCUT2D eigenvalue weighted by molar-refractivity contribution is 7.89. The van der Waals surface area contributed by atoms with E-state index in [-0.39, 0.29) is 24.5 Å². The number of carbonyl (C=O) groups excluding carboxylic acids is 1. The minimum absolute atomic E-state index is 0.0450. The van der Waals surface area contributed by atoms with E-state index in [0.29, 0.717) is 26.9 Å². The van der Waals surface area contributed by atoms with E-state index < -0.39 is 15.9 Å². The summed E-state index contributed by atoms with van der Waals surface area (Å²) in [4.78, 5) is 12.8. The van der Waals surface area contributed by atoms with Gasteiger partial charge in [-0.1, -0.05) is 59.6 Å². The number of nitrogens with one attached hydrogen (secondary N) is 1. The maximum absolute atomic E-state index is 13.5. The van der Waals surface area contributed by atoms with Crippen molar-refractivity contribution in [1.29, 1.82) is 0 Å². The molecular weight excluding hydrogens is 483 g/mol. The van der Waals surface area contributed by atoms with E-state index in [1.165, 1.54) is 19.2 Å². The third-order valence-electron chi connectivity index (χ3n) is 5.02. The Hall–Kier alpha value is -2.58. The Bertz CT molecular complexity index is 1230. The van der Waals surface area contributed by atoms with Crippen LogP contribution in [0.15, 0.2) is 71.6 Å². The molecule has 1 amide bonds. The van der Waals surface area contributed by atoms with Gasteiger partial charge in [0, 0.05) is 23.1 Å². The maximum Gasteiger partial charge on any atom is 0.243 e. The number of rotatable bonds is 9. The number of halogens is 2. The number of methoxy groups -OCH3 is 1. The summed E-state index contributed by atoms with van der Waals surface area (Å²) in [5.41, 5.74) is 2.12. The summed E-state index contributed by atoms with van der Waals surface area (Å²) in [5, 5.41) is 3.65. The predicted molar refractivity (Wildman–Crippen MR) is 130 cm³/mol. The SMILES string of the molecule is COc1ccc(S(=O)(=O)N(CC(=O)NCc2ccc(Cl)cc2Cl)Cc2ccccc2)cc1C. The molecule has 3 rings (SSSR count). The van der Waals surface area contributed by atoms with Crippen molar-refractivity contribution in [3.63, 3.8) is 0 Å². The minimum Gasteiger partial charge on any atom is -0.496 e. The average Bonchev–Trinajstić information content (AvgIpc) is 2.78. The molecule has 0 aliphatic carbocycles. The van der Waals surface area contributed by atoms with Gasteiger partial charge in [0.05, 0.1) is 18.6 Å². The van der Waals surface area contributed by atoms with E-state index in [4.69, 9.17) is 27.9 Å². The molecule has 0 aliphatic rings. The van der Waals surface area contributed by atoms with Gasteiger partial charge in [0.25, 0.3) is 0 Å². The number of amides is 1. The molecule has 0 radical (unpaired) electrons. The first-order chi connectivity index (χ1) is 15.7. The van der Waals surface area contributed by atoms with Crippen molar-refractivity contribution in [1.82, 2.24) is 9.62 Å². The van der Waals surface area contributed by atoms with Crippen LogP contribution >= 0.6 is 23.2 Å². The number of sulfonamides is 1. The zero-order valence-electron chi connectivity index (χ0n) is 18.2. The van der Waals surface area contributed by atoms with Crippen molar-refractivity contribution in [3.8, 4) is 5.75 Å². The molecule has 0 aromatic heterocycles. The molecule has 1 N–H and O–H groups in total. The number of ether oxygens (including phenoxy) is 1. The van der Waals surface area contributed by atoms with Crippen molar-refractivity contribution in [2.45, 2.75) is 24.9 Å². The molecule has 9 heteroatoms. The van der Waals surface area contributed by atoms with Gasteiger partial charge in [-0.3, -0.25) is 4.79 Å². The summed E-state index contributed by atoms with van der Waals surface area (Å²) in [7, 11) is -2.44. The lowest BCUT2D eigenvalue weighted by Crippen LogP contribution is -2.40. The summed E-state index contributed by atoms with van der Waals surface area (Å²) >= 11 is 12.1. The van der Waals surface area contributed by atoms with E-state index in [9.17, 15) is 13.2 Å². The largest absolute Gasteiger partial charge is 0.496 e. The summed E-state index contributed by atoms with van der Waals surface area (Å²) in [6.45, 7) is 1.61. The van der Waals surface area contributed by atoms with E-state index in [2.05, 4.69) is 5.32 Å². The minimum atomic E-state index is -3.97. The molecule has 0 saturated heterocycles. The molecule has 0 spiro atoms. The molecule has 174 valence electrons. The normalized spacial score (nSPS) is 11.4. The second-order valence-corrected chi connectivity index (χ2v) is 10.2. The van der Waals surface area contributed by atoms with Gasteiger partial charge in [-0.2, -0.15) is 4.31 Å². The fraction of sp³-hybridized carbons (Fsp3) is 0.208. The van der Waals surface area contributed by atoms with Crippen LogP contribution in [0.3, 0.4) is 0 Å². The van der Waals surface area contributed by atoms with Crippen LogP contribution in [0.25, 0.3) is 0 Å². The van der Waals surface area contributed by atoms with Gasteiger partial charge in [-0.15, -0.1) is 0 Å². The molecule has 0 fully saturated rings. The molecule has 33 heavy (non-hydrogen) atoms. The molecule has 0 heterocycles. The topological polar surface area (TPSA) is 75.7 Å². The Morgan fingerprint density at radius 2 is 1.76 bits per heavy atom. The van der Waals surface area contributed by atoms with E-state index in [1.54, 1.807) is 31.2 Å². The van der Waals surface area contributed by atoms with Gasteiger partial charge in [-0.05, 0) is 53.9 Å². The number of aryl methyl sites for hydroxylation is 1. The smallest absolute Gasteiger partial charge is 0.243 e. The molecule has 0 aliphatic heterocycles. The van der Waals surface area contributed by atoms with Gasteiger partial charge in [0.1, 0.15) is 5.75 Å². The molecule has 0 bridgehead atoms. The number of nitrogens with zero attached hydrogens (tertiary/aromatic N) is 1. The lowest BCUT2D eigenvalue weighted by atomic mass is 10.2. The van der Waals surface area contributed by atoms with E-state index in [1.807, 2.05) is 30.3 Å². The first-order valence-corrected chi connectivity index (χ1v) is 12.3. The zero-order chi connectivity index (χ0) is 24.0. The summed E-state index contributed by atoms with van der Waals surface area (Å²) in [6, 6.07) is 18.7. The zero-order valence-corrected chi connectivity index (χ0v) is 20.5. The van der Waals surface area contributed by atoms with Crippen LogP contribution in [-0.4, -0.2) is 32.3 Å². The fourth-order valence-corrected chi connectivity index (χ4v) is 5.19. The third-order valence-corrected chi connectivity index (χ3v) is 7.39. The Kier molecular flexibility index (Phi) is 8.37. The highest BCUT2D eigenvalue weighted by Gasteiger charge is 2.27. The highest BCUT2D eigenvalue weighted by atomic mass is 35.5. The Labute approximate surface area is 204 Å². The van der Waals surface area contributed by atoms with E-state index in [0.717, 1.165) is 9.87 Å². The van der Waals surface area contributed by atoms with Crippen molar-refractivity contribution >= 4 is 39.1 Å². The lowest BCUT2D eigenvalue weighted by molar-refractivity contribution is -0.121. The number of carbonyl (C=O) groups is 1. The van der Waals surface area contributed by atoms with Crippen LogP contribution in [0.2, 0.25) is 10.0 Å². The van der Waals surface area contributed by atoms with Crippen molar-refractivity contribution in [2.75, 3.05) is 13.7 Å². The van der Waals surface area contributed by atoms with E-state index >= 15 is 0 Å². The molecule has 0 saturated carbocycles. The molecule has 0 unspecified atom stereocenters. The number of hydrogen-bond acceptors (Lipinski definition) is 4. The fourth-order valence-electron chi connectivity index (χ4n) is 3.25.